The minimum Gasteiger partial charge on any atom is -0.326 e. The van der Waals surface area contributed by atoms with Gasteiger partial charge in [-0.1, -0.05) is 11.6 Å². The molecule has 7 nitrogen and oxygen atoms in total. The molecule has 1 aliphatic heterocycles. The van der Waals surface area contributed by atoms with Gasteiger partial charge in [-0.25, -0.2) is 22.6 Å². The van der Waals surface area contributed by atoms with Crippen molar-refractivity contribution in [3.05, 3.63) is 65.2 Å². The van der Waals surface area contributed by atoms with Crippen LogP contribution < -0.4 is 15.5 Å². The quantitative estimate of drug-likeness (QED) is 0.488. The number of nitrogens with one attached hydrogen (secondary N) is 2. The van der Waals surface area contributed by atoms with Gasteiger partial charge in [0.25, 0.3) is 0 Å². The molecular formula is C21H15ClF5N5O2. The number of hydrogen-bond acceptors (Lipinski definition) is 3. The minimum absolute atomic E-state index is 0.0297. The summed E-state index contributed by atoms with van der Waals surface area (Å²) in [6, 6.07) is 3.94. The van der Waals surface area contributed by atoms with E-state index in [9.17, 15) is 31.5 Å². The van der Waals surface area contributed by atoms with Gasteiger partial charge in [0.05, 0.1) is 17.6 Å². The number of nitrogens with zero attached hydrogens (tertiary/aromatic N) is 3. The highest BCUT2D eigenvalue weighted by molar-refractivity contribution is 6.30. The van der Waals surface area contributed by atoms with Gasteiger partial charge in [-0.05, 0) is 36.8 Å². The predicted octanol–water partition coefficient (Wildman–Crippen LogP) is 4.94. The van der Waals surface area contributed by atoms with Crippen molar-refractivity contribution in [2.24, 2.45) is 0 Å². The average Bonchev–Trinajstić information content (AvgIpc) is 3.40. The van der Waals surface area contributed by atoms with E-state index in [2.05, 4.69) is 15.7 Å². The van der Waals surface area contributed by atoms with Crippen LogP contribution in [-0.4, -0.2) is 34.3 Å². The first kappa shape index (κ1) is 23.5. The van der Waals surface area contributed by atoms with Crippen LogP contribution in [0.15, 0.2) is 42.7 Å². The molecular weight excluding hydrogens is 485 g/mol. The van der Waals surface area contributed by atoms with Crippen molar-refractivity contribution < 1.29 is 31.5 Å². The van der Waals surface area contributed by atoms with E-state index >= 15 is 0 Å². The summed E-state index contributed by atoms with van der Waals surface area (Å²) >= 11 is 5.66. The van der Waals surface area contributed by atoms with Crippen molar-refractivity contribution in [1.82, 2.24) is 15.1 Å². The molecule has 1 aromatic heterocycles. The molecule has 0 spiro atoms. The first-order valence-electron chi connectivity index (χ1n) is 9.80. The van der Waals surface area contributed by atoms with Crippen LogP contribution in [0.3, 0.4) is 0 Å². The first-order chi connectivity index (χ1) is 16.2. The molecule has 178 valence electrons. The van der Waals surface area contributed by atoms with E-state index in [-0.39, 0.29) is 40.5 Å². The Labute approximate surface area is 194 Å². The van der Waals surface area contributed by atoms with Crippen molar-refractivity contribution in [2.75, 3.05) is 16.8 Å². The third kappa shape index (κ3) is 4.53. The number of carbonyl (C=O) groups excluding carboxylic acids is 2. The first-order valence-corrected chi connectivity index (χ1v) is 10.2. The van der Waals surface area contributed by atoms with Crippen molar-refractivity contribution in [2.45, 2.75) is 19.0 Å². The Morgan fingerprint density at radius 2 is 1.91 bits per heavy atom. The molecule has 3 amide bonds. The molecule has 0 radical (unpaired) electrons. The maximum absolute atomic E-state index is 14.8. The van der Waals surface area contributed by atoms with Crippen LogP contribution in [0.25, 0.3) is 11.1 Å². The van der Waals surface area contributed by atoms with E-state index in [0.717, 1.165) is 35.5 Å². The summed E-state index contributed by atoms with van der Waals surface area (Å²) in [4.78, 5) is 25.8. The van der Waals surface area contributed by atoms with Crippen molar-refractivity contribution >= 4 is 34.9 Å². The number of hydrogen-bond donors (Lipinski definition) is 2. The van der Waals surface area contributed by atoms with Crippen molar-refractivity contribution in [3.63, 3.8) is 0 Å². The Kier molecular flexibility index (Phi) is 6.42. The number of rotatable bonds is 5. The second kappa shape index (κ2) is 9.29. The third-order valence-electron chi connectivity index (χ3n) is 5.16. The van der Waals surface area contributed by atoms with Gasteiger partial charge in [-0.2, -0.15) is 13.9 Å². The number of benzene rings is 2. The molecule has 0 bridgehead atoms. The molecule has 34 heavy (non-hydrogen) atoms. The highest BCUT2D eigenvalue weighted by atomic mass is 35.5. The van der Waals surface area contributed by atoms with E-state index < -0.39 is 42.0 Å². The SMILES string of the molecule is O=C(Nc1ccc(Cl)cc1F)NC1CCN(c2ccc(-c3cnn(C(F)F)c3)c(F)c2F)C1=O. The van der Waals surface area contributed by atoms with E-state index in [1.807, 2.05) is 0 Å². The zero-order valence-corrected chi connectivity index (χ0v) is 17.8. The molecule has 1 atom stereocenters. The largest absolute Gasteiger partial charge is 0.333 e. The Bertz CT molecular complexity index is 1270. The molecule has 1 unspecified atom stereocenters. The number of anilines is 2. The van der Waals surface area contributed by atoms with Crippen molar-refractivity contribution in [3.8, 4) is 11.1 Å². The Hall–Kier alpha value is -3.67. The van der Waals surface area contributed by atoms with Gasteiger partial charge in [-0.15, -0.1) is 0 Å². The lowest BCUT2D eigenvalue weighted by atomic mass is 10.1. The molecule has 2 heterocycles. The molecule has 0 saturated carbocycles. The number of aromatic nitrogens is 2. The Balaban J connectivity index is 1.47. The predicted molar refractivity (Wildman–Crippen MR) is 113 cm³/mol. The van der Waals surface area contributed by atoms with Gasteiger partial charge in [0.2, 0.25) is 5.91 Å². The summed E-state index contributed by atoms with van der Waals surface area (Å²) in [5, 5.41) is 8.13. The monoisotopic (exact) mass is 499 g/mol. The van der Waals surface area contributed by atoms with Crippen LogP contribution in [0.4, 0.5) is 38.1 Å². The summed E-state index contributed by atoms with van der Waals surface area (Å²) in [5.74, 6) is -4.18. The van der Waals surface area contributed by atoms with Gasteiger partial charge in [0.15, 0.2) is 11.6 Å². The van der Waals surface area contributed by atoms with Crippen LogP contribution in [0, 0.1) is 17.5 Å². The molecule has 1 aliphatic rings. The van der Waals surface area contributed by atoms with Gasteiger partial charge in [0, 0.05) is 28.9 Å². The highest BCUT2D eigenvalue weighted by Crippen LogP contribution is 2.33. The summed E-state index contributed by atoms with van der Waals surface area (Å²) in [7, 11) is 0. The normalized spacial score (nSPS) is 15.8. The number of alkyl halides is 2. The van der Waals surface area contributed by atoms with Gasteiger partial charge < -0.3 is 15.5 Å². The van der Waals surface area contributed by atoms with E-state index in [1.165, 1.54) is 12.1 Å². The molecule has 3 aromatic rings. The minimum atomic E-state index is -2.94. The molecule has 1 saturated heterocycles. The second-order valence-corrected chi connectivity index (χ2v) is 7.74. The van der Waals surface area contributed by atoms with E-state index in [0.29, 0.717) is 4.68 Å². The highest BCUT2D eigenvalue weighted by Gasteiger charge is 2.36. The fraction of sp³-hybridized carbons (Fsp3) is 0.190. The second-order valence-electron chi connectivity index (χ2n) is 7.30. The lowest BCUT2D eigenvalue weighted by Crippen LogP contribution is -2.43. The molecule has 13 heteroatoms. The van der Waals surface area contributed by atoms with Crippen LogP contribution in [0.2, 0.25) is 5.02 Å². The van der Waals surface area contributed by atoms with E-state index in [4.69, 9.17) is 11.6 Å². The topological polar surface area (TPSA) is 79.3 Å². The number of amides is 3. The van der Waals surface area contributed by atoms with Crippen LogP contribution >= 0.6 is 11.6 Å². The lowest BCUT2D eigenvalue weighted by Gasteiger charge is -2.19. The van der Waals surface area contributed by atoms with Crippen LogP contribution in [0.1, 0.15) is 13.0 Å². The standard InChI is InChI=1S/C21H15ClF5N5O2/c22-11-1-3-14(13(23)7-11)29-21(34)30-15-5-6-31(19(15)33)16-4-2-12(17(24)18(16)25)10-8-28-32(9-10)20(26)27/h1-4,7-9,15,20H,5-6H2,(H2,29,30,34). The van der Waals surface area contributed by atoms with Crippen LogP contribution in [0.5, 0.6) is 0 Å². The number of urea groups is 1. The summed E-state index contributed by atoms with van der Waals surface area (Å²) in [6.07, 6.45) is 1.91. The van der Waals surface area contributed by atoms with Gasteiger partial charge >= 0.3 is 12.6 Å². The third-order valence-corrected chi connectivity index (χ3v) is 5.39. The number of halogens is 6. The maximum atomic E-state index is 14.8. The summed E-state index contributed by atoms with van der Waals surface area (Å²) in [6.45, 7) is -2.97. The average molecular weight is 500 g/mol. The molecule has 2 N–H and O–H groups in total. The summed E-state index contributed by atoms with van der Waals surface area (Å²) in [5.41, 5.74) is -0.912. The fourth-order valence-corrected chi connectivity index (χ4v) is 3.67. The lowest BCUT2D eigenvalue weighted by molar-refractivity contribution is -0.118. The number of carbonyl (C=O) groups is 2. The smallest absolute Gasteiger partial charge is 0.326 e. The Morgan fingerprint density at radius 1 is 1.15 bits per heavy atom. The molecule has 2 aromatic carbocycles. The molecule has 1 fully saturated rings. The fourth-order valence-electron chi connectivity index (χ4n) is 3.52. The van der Waals surface area contributed by atoms with Crippen LogP contribution in [-0.2, 0) is 4.79 Å². The van der Waals surface area contributed by atoms with Gasteiger partial charge in [-0.3, -0.25) is 4.79 Å². The van der Waals surface area contributed by atoms with Crippen molar-refractivity contribution in [1.29, 1.82) is 0 Å². The zero-order valence-electron chi connectivity index (χ0n) is 17.0. The van der Waals surface area contributed by atoms with E-state index in [1.54, 1.807) is 0 Å². The van der Waals surface area contributed by atoms with Gasteiger partial charge in [0.1, 0.15) is 11.9 Å². The molecule has 0 aliphatic carbocycles. The summed E-state index contributed by atoms with van der Waals surface area (Å²) < 4.78 is 69.0. The maximum Gasteiger partial charge on any atom is 0.333 e. The molecule has 4 rings (SSSR count). The zero-order chi connectivity index (χ0) is 24.6. The Morgan fingerprint density at radius 3 is 2.59 bits per heavy atom.